The van der Waals surface area contributed by atoms with Gasteiger partial charge in [-0.2, -0.15) is 0 Å². The number of rotatable bonds is 4. The molecule has 1 aromatic heterocycles. The Hall–Kier alpha value is -0.900. The average Bonchev–Trinajstić information content (AvgIpc) is 2.52. The summed E-state index contributed by atoms with van der Waals surface area (Å²) in [6, 6.07) is 0. The number of nitrogens with zero attached hydrogens (tertiary/aromatic N) is 1. The maximum atomic E-state index is 11.2. The van der Waals surface area contributed by atoms with Crippen LogP contribution in [0.3, 0.4) is 0 Å². The zero-order chi connectivity index (χ0) is 9.68. The minimum Gasteiger partial charge on any atom is -0.302 e. The quantitative estimate of drug-likeness (QED) is 0.807. The molecule has 0 bridgehead atoms. The summed E-state index contributed by atoms with van der Waals surface area (Å²) in [6.07, 6.45) is 2.36. The summed E-state index contributed by atoms with van der Waals surface area (Å²) >= 11 is 1.49. The molecule has 0 aliphatic carbocycles. The molecule has 0 saturated heterocycles. The van der Waals surface area contributed by atoms with Crippen molar-refractivity contribution in [2.45, 2.75) is 33.1 Å². The van der Waals surface area contributed by atoms with Gasteiger partial charge < -0.3 is 5.32 Å². The zero-order valence-corrected chi connectivity index (χ0v) is 8.78. The third kappa shape index (κ3) is 3.14. The lowest BCUT2D eigenvalue weighted by atomic mass is 10.3. The first-order valence-corrected chi connectivity index (χ1v) is 5.38. The van der Waals surface area contributed by atoms with Gasteiger partial charge in [-0.3, -0.25) is 4.79 Å². The Morgan fingerprint density at radius 1 is 1.62 bits per heavy atom. The highest BCUT2D eigenvalue weighted by atomic mass is 32.1. The highest BCUT2D eigenvalue weighted by Gasteiger charge is 2.03. The van der Waals surface area contributed by atoms with Gasteiger partial charge in [-0.1, -0.05) is 13.8 Å². The number of hydrogen-bond acceptors (Lipinski definition) is 3. The van der Waals surface area contributed by atoms with E-state index in [1.807, 2.05) is 19.2 Å². The van der Waals surface area contributed by atoms with E-state index < -0.39 is 0 Å². The van der Waals surface area contributed by atoms with Crippen LogP contribution in [-0.4, -0.2) is 10.9 Å². The summed E-state index contributed by atoms with van der Waals surface area (Å²) in [6.45, 7) is 4.03. The maximum absolute atomic E-state index is 11.2. The number of carbonyl (C=O) groups excluding carboxylic acids is 1. The number of aromatic nitrogens is 1. The molecule has 0 aromatic carbocycles. The van der Waals surface area contributed by atoms with Crippen molar-refractivity contribution < 1.29 is 4.79 Å². The van der Waals surface area contributed by atoms with Crippen LogP contribution >= 0.6 is 11.3 Å². The van der Waals surface area contributed by atoms with Crippen LogP contribution in [-0.2, 0) is 11.2 Å². The molecule has 0 spiro atoms. The van der Waals surface area contributed by atoms with Gasteiger partial charge >= 0.3 is 0 Å². The number of carbonyl (C=O) groups is 1. The monoisotopic (exact) mass is 198 g/mol. The van der Waals surface area contributed by atoms with E-state index in [0.717, 1.165) is 23.7 Å². The fourth-order valence-corrected chi connectivity index (χ4v) is 1.75. The highest BCUT2D eigenvalue weighted by Crippen LogP contribution is 2.15. The third-order valence-electron chi connectivity index (χ3n) is 1.64. The molecule has 4 heteroatoms. The van der Waals surface area contributed by atoms with E-state index in [4.69, 9.17) is 0 Å². The van der Waals surface area contributed by atoms with Gasteiger partial charge in [0, 0.05) is 11.8 Å². The minimum absolute atomic E-state index is 0.0551. The Balaban J connectivity index is 2.49. The van der Waals surface area contributed by atoms with Crippen LogP contribution < -0.4 is 5.32 Å². The molecular formula is C9H14N2OS. The summed E-state index contributed by atoms with van der Waals surface area (Å²) in [7, 11) is 0. The third-order valence-corrected chi connectivity index (χ3v) is 2.44. The lowest BCUT2D eigenvalue weighted by molar-refractivity contribution is -0.116. The second kappa shape index (κ2) is 4.97. The topological polar surface area (TPSA) is 42.0 Å². The molecule has 1 amide bonds. The summed E-state index contributed by atoms with van der Waals surface area (Å²) in [5.74, 6) is 0.0551. The van der Waals surface area contributed by atoms with Crippen molar-refractivity contribution in [3.63, 3.8) is 0 Å². The van der Waals surface area contributed by atoms with Gasteiger partial charge in [-0.05, 0) is 12.8 Å². The Bertz CT molecular complexity index is 283. The molecule has 1 aromatic rings. The SMILES string of the molecule is CCCC(=O)Nc1nc(CC)cs1. The van der Waals surface area contributed by atoms with Crippen molar-refractivity contribution in [1.82, 2.24) is 4.98 Å². The van der Waals surface area contributed by atoms with Gasteiger partial charge in [-0.25, -0.2) is 4.98 Å². The molecule has 0 atom stereocenters. The second-order valence-electron chi connectivity index (χ2n) is 2.80. The van der Waals surface area contributed by atoms with Gasteiger partial charge in [0.2, 0.25) is 5.91 Å². The molecule has 3 nitrogen and oxygen atoms in total. The first-order valence-electron chi connectivity index (χ1n) is 4.50. The smallest absolute Gasteiger partial charge is 0.226 e. The van der Waals surface area contributed by atoms with Crippen LogP contribution in [0.25, 0.3) is 0 Å². The molecule has 0 aliphatic heterocycles. The summed E-state index contributed by atoms with van der Waals surface area (Å²) < 4.78 is 0. The van der Waals surface area contributed by atoms with Gasteiger partial charge in [-0.15, -0.1) is 11.3 Å². The summed E-state index contributed by atoms with van der Waals surface area (Å²) in [4.78, 5) is 15.4. The maximum Gasteiger partial charge on any atom is 0.226 e. The van der Waals surface area contributed by atoms with Crippen LogP contribution in [0.1, 0.15) is 32.4 Å². The van der Waals surface area contributed by atoms with Gasteiger partial charge in [0.25, 0.3) is 0 Å². The van der Waals surface area contributed by atoms with Gasteiger partial charge in [0.05, 0.1) is 5.69 Å². The normalized spacial score (nSPS) is 10.0. The summed E-state index contributed by atoms with van der Waals surface area (Å²) in [5, 5.41) is 5.46. The minimum atomic E-state index is 0.0551. The van der Waals surface area contributed by atoms with Crippen molar-refractivity contribution in [1.29, 1.82) is 0 Å². The molecule has 1 N–H and O–H groups in total. The molecule has 0 unspecified atom stereocenters. The first kappa shape index (κ1) is 10.2. The number of thiazole rings is 1. The predicted molar refractivity (Wildman–Crippen MR) is 55.0 cm³/mol. The number of hydrogen-bond donors (Lipinski definition) is 1. The van der Waals surface area contributed by atoms with Crippen LogP contribution in [0.4, 0.5) is 5.13 Å². The van der Waals surface area contributed by atoms with Crippen LogP contribution in [0.15, 0.2) is 5.38 Å². The molecule has 0 fully saturated rings. The molecule has 0 radical (unpaired) electrons. The molecule has 13 heavy (non-hydrogen) atoms. The van der Waals surface area contributed by atoms with Crippen molar-refractivity contribution in [3.05, 3.63) is 11.1 Å². The van der Waals surface area contributed by atoms with Crippen molar-refractivity contribution in [2.75, 3.05) is 5.32 Å². The Morgan fingerprint density at radius 3 is 2.92 bits per heavy atom. The molecule has 72 valence electrons. The van der Waals surface area contributed by atoms with Crippen molar-refractivity contribution in [3.8, 4) is 0 Å². The first-order chi connectivity index (χ1) is 6.26. The fourth-order valence-electron chi connectivity index (χ4n) is 0.936. The van der Waals surface area contributed by atoms with Gasteiger partial charge in [0.1, 0.15) is 0 Å². The number of nitrogens with one attached hydrogen (secondary N) is 1. The molecule has 1 heterocycles. The summed E-state index contributed by atoms with van der Waals surface area (Å²) in [5.41, 5.74) is 1.04. The number of aryl methyl sites for hydroxylation is 1. The van der Waals surface area contributed by atoms with E-state index in [-0.39, 0.29) is 5.91 Å². The van der Waals surface area contributed by atoms with Crippen molar-refractivity contribution >= 4 is 22.4 Å². The van der Waals surface area contributed by atoms with Crippen molar-refractivity contribution in [2.24, 2.45) is 0 Å². The van der Waals surface area contributed by atoms with E-state index >= 15 is 0 Å². The standard InChI is InChI=1S/C9H14N2OS/c1-3-5-8(12)11-9-10-7(4-2)6-13-9/h6H,3-5H2,1-2H3,(H,10,11,12). The highest BCUT2D eigenvalue weighted by molar-refractivity contribution is 7.13. The average molecular weight is 198 g/mol. The number of amides is 1. The Labute approximate surface area is 82.2 Å². The van der Waals surface area contributed by atoms with Crippen LogP contribution in [0, 0.1) is 0 Å². The molecule has 0 aliphatic rings. The lowest BCUT2D eigenvalue weighted by Gasteiger charge is -1.97. The number of anilines is 1. The van der Waals surface area contributed by atoms with Crippen LogP contribution in [0.2, 0.25) is 0 Å². The fraction of sp³-hybridized carbons (Fsp3) is 0.556. The molecule has 1 rings (SSSR count). The Kier molecular flexibility index (Phi) is 3.89. The second-order valence-corrected chi connectivity index (χ2v) is 3.65. The van der Waals surface area contributed by atoms with Gasteiger partial charge in [0.15, 0.2) is 5.13 Å². The van der Waals surface area contributed by atoms with E-state index in [2.05, 4.69) is 10.3 Å². The molecule has 0 saturated carbocycles. The van der Waals surface area contributed by atoms with Crippen LogP contribution in [0.5, 0.6) is 0 Å². The van der Waals surface area contributed by atoms with E-state index in [9.17, 15) is 4.79 Å². The lowest BCUT2D eigenvalue weighted by Crippen LogP contribution is -2.10. The van der Waals surface area contributed by atoms with E-state index in [1.165, 1.54) is 11.3 Å². The zero-order valence-electron chi connectivity index (χ0n) is 7.96. The van der Waals surface area contributed by atoms with E-state index in [0.29, 0.717) is 6.42 Å². The largest absolute Gasteiger partial charge is 0.302 e. The predicted octanol–water partition coefficient (Wildman–Crippen LogP) is 2.44. The Morgan fingerprint density at radius 2 is 2.38 bits per heavy atom. The molecular weight excluding hydrogens is 184 g/mol. The van der Waals surface area contributed by atoms with E-state index in [1.54, 1.807) is 0 Å².